The van der Waals surface area contributed by atoms with Crippen LogP contribution in [-0.2, 0) is 11.2 Å². The van der Waals surface area contributed by atoms with E-state index in [9.17, 15) is 13.6 Å². The van der Waals surface area contributed by atoms with Gasteiger partial charge in [-0.1, -0.05) is 13.0 Å². The van der Waals surface area contributed by atoms with Crippen LogP contribution in [0.3, 0.4) is 0 Å². The summed E-state index contributed by atoms with van der Waals surface area (Å²) < 4.78 is 26.2. The van der Waals surface area contributed by atoms with E-state index in [1.807, 2.05) is 0 Å². The second-order valence-electron chi connectivity index (χ2n) is 4.98. The van der Waals surface area contributed by atoms with E-state index in [2.05, 4.69) is 6.92 Å². The minimum Gasteiger partial charge on any atom is -0.342 e. The Balaban J connectivity index is 1.98. The number of carbonyl (C=O) groups excluding carboxylic acids is 1. The van der Waals surface area contributed by atoms with E-state index in [4.69, 9.17) is 0 Å². The normalized spacial score (nSPS) is 16.9. The summed E-state index contributed by atoms with van der Waals surface area (Å²) in [6.45, 7) is 3.65. The topological polar surface area (TPSA) is 20.3 Å². The summed E-state index contributed by atoms with van der Waals surface area (Å²) in [6.07, 6.45) is 2.01. The van der Waals surface area contributed by atoms with E-state index in [-0.39, 0.29) is 17.9 Å². The molecule has 0 spiro atoms. The monoisotopic (exact) mass is 253 g/mol. The van der Waals surface area contributed by atoms with Crippen molar-refractivity contribution in [1.82, 2.24) is 4.90 Å². The van der Waals surface area contributed by atoms with Crippen LogP contribution in [-0.4, -0.2) is 23.9 Å². The number of carbonyl (C=O) groups is 1. The molecular weight excluding hydrogens is 236 g/mol. The molecule has 18 heavy (non-hydrogen) atoms. The molecule has 0 aliphatic carbocycles. The molecule has 98 valence electrons. The summed E-state index contributed by atoms with van der Waals surface area (Å²) in [4.78, 5) is 13.7. The first-order valence-corrected chi connectivity index (χ1v) is 6.28. The molecule has 1 aromatic carbocycles. The summed E-state index contributed by atoms with van der Waals surface area (Å²) in [5.41, 5.74) is 0.264. The zero-order valence-electron chi connectivity index (χ0n) is 10.5. The van der Waals surface area contributed by atoms with E-state index in [0.717, 1.165) is 32.0 Å². The molecule has 0 atom stereocenters. The quantitative estimate of drug-likeness (QED) is 0.793. The van der Waals surface area contributed by atoms with Crippen molar-refractivity contribution in [3.05, 3.63) is 35.4 Å². The molecule has 2 nitrogen and oxygen atoms in total. The lowest BCUT2D eigenvalue weighted by molar-refractivity contribution is -0.131. The zero-order chi connectivity index (χ0) is 13.1. The van der Waals surface area contributed by atoms with Crippen LogP contribution in [0.1, 0.15) is 25.3 Å². The lowest BCUT2D eigenvalue weighted by atomic mass is 9.98. The highest BCUT2D eigenvalue weighted by Gasteiger charge is 2.21. The van der Waals surface area contributed by atoms with Crippen molar-refractivity contribution >= 4 is 5.91 Å². The standard InChI is InChI=1S/C14H17F2NO/c1-10-4-6-17(7-5-10)14(18)8-11-2-3-12(15)9-13(11)16/h2-3,9-10H,4-8H2,1H3. The number of piperidine rings is 1. The molecule has 0 N–H and O–H groups in total. The van der Waals surface area contributed by atoms with Gasteiger partial charge in [-0.05, 0) is 30.4 Å². The Morgan fingerprint density at radius 3 is 2.61 bits per heavy atom. The van der Waals surface area contributed by atoms with E-state index >= 15 is 0 Å². The highest BCUT2D eigenvalue weighted by molar-refractivity contribution is 5.78. The van der Waals surface area contributed by atoms with Gasteiger partial charge in [0.25, 0.3) is 0 Å². The van der Waals surface area contributed by atoms with Crippen LogP contribution in [0.5, 0.6) is 0 Å². The Morgan fingerprint density at radius 1 is 1.33 bits per heavy atom. The van der Waals surface area contributed by atoms with Crippen LogP contribution < -0.4 is 0 Å². The van der Waals surface area contributed by atoms with Crippen molar-refractivity contribution in [1.29, 1.82) is 0 Å². The van der Waals surface area contributed by atoms with Crippen LogP contribution >= 0.6 is 0 Å². The highest BCUT2D eigenvalue weighted by Crippen LogP contribution is 2.18. The minimum absolute atomic E-state index is 0.0144. The number of amides is 1. The van der Waals surface area contributed by atoms with Crippen molar-refractivity contribution in [3.63, 3.8) is 0 Å². The average molecular weight is 253 g/mol. The molecule has 0 unspecified atom stereocenters. The number of hydrogen-bond donors (Lipinski definition) is 0. The van der Waals surface area contributed by atoms with Crippen molar-refractivity contribution in [2.45, 2.75) is 26.2 Å². The first-order valence-electron chi connectivity index (χ1n) is 6.28. The summed E-state index contributed by atoms with van der Waals surface area (Å²) in [5.74, 6) is -0.687. The molecule has 1 amide bonds. The van der Waals surface area contributed by atoms with E-state index < -0.39 is 11.6 Å². The van der Waals surface area contributed by atoms with Crippen molar-refractivity contribution < 1.29 is 13.6 Å². The van der Waals surface area contributed by atoms with E-state index in [0.29, 0.717) is 5.92 Å². The fourth-order valence-corrected chi connectivity index (χ4v) is 2.20. The molecule has 4 heteroatoms. The number of halogens is 2. The Labute approximate surface area is 106 Å². The lowest BCUT2D eigenvalue weighted by Crippen LogP contribution is -2.38. The van der Waals surface area contributed by atoms with Gasteiger partial charge in [-0.2, -0.15) is 0 Å². The fraction of sp³-hybridized carbons (Fsp3) is 0.500. The second-order valence-corrected chi connectivity index (χ2v) is 4.98. The predicted molar refractivity (Wildman–Crippen MR) is 65.0 cm³/mol. The van der Waals surface area contributed by atoms with Gasteiger partial charge in [-0.15, -0.1) is 0 Å². The Bertz CT molecular complexity index is 439. The maximum absolute atomic E-state index is 13.4. The third-order valence-electron chi connectivity index (χ3n) is 3.49. The molecule has 0 bridgehead atoms. The molecule has 1 aliphatic rings. The lowest BCUT2D eigenvalue weighted by Gasteiger charge is -2.30. The van der Waals surface area contributed by atoms with Gasteiger partial charge in [0.1, 0.15) is 11.6 Å². The van der Waals surface area contributed by atoms with Crippen LogP contribution in [0.25, 0.3) is 0 Å². The predicted octanol–water partition coefficient (Wildman–Crippen LogP) is 2.77. The van der Waals surface area contributed by atoms with Gasteiger partial charge in [0, 0.05) is 19.2 Å². The molecule has 1 aliphatic heterocycles. The minimum atomic E-state index is -0.645. The maximum atomic E-state index is 13.4. The molecule has 0 radical (unpaired) electrons. The second kappa shape index (κ2) is 5.46. The Morgan fingerprint density at radius 2 is 2.00 bits per heavy atom. The highest BCUT2D eigenvalue weighted by atomic mass is 19.1. The van der Waals surface area contributed by atoms with Gasteiger partial charge in [0.2, 0.25) is 5.91 Å². The van der Waals surface area contributed by atoms with Crippen LogP contribution in [0.2, 0.25) is 0 Å². The van der Waals surface area contributed by atoms with Gasteiger partial charge in [0.05, 0.1) is 6.42 Å². The molecule has 0 aromatic heterocycles. The number of likely N-dealkylation sites (tertiary alicyclic amines) is 1. The summed E-state index contributed by atoms with van der Waals surface area (Å²) in [7, 11) is 0. The first-order chi connectivity index (χ1) is 8.56. The van der Waals surface area contributed by atoms with E-state index in [1.165, 1.54) is 12.1 Å². The third kappa shape index (κ3) is 3.06. The van der Waals surface area contributed by atoms with Gasteiger partial charge in [-0.3, -0.25) is 4.79 Å². The average Bonchev–Trinajstić information content (AvgIpc) is 2.33. The Kier molecular flexibility index (Phi) is 3.94. The number of hydrogen-bond acceptors (Lipinski definition) is 1. The molecule has 1 saturated heterocycles. The summed E-state index contributed by atoms with van der Waals surface area (Å²) in [5, 5.41) is 0. The third-order valence-corrected chi connectivity index (χ3v) is 3.49. The van der Waals surface area contributed by atoms with Crippen LogP contribution in [0, 0.1) is 17.6 Å². The van der Waals surface area contributed by atoms with Gasteiger partial charge in [0.15, 0.2) is 0 Å². The number of nitrogens with zero attached hydrogens (tertiary/aromatic N) is 1. The number of rotatable bonds is 2. The van der Waals surface area contributed by atoms with Gasteiger partial charge in [-0.25, -0.2) is 8.78 Å². The molecule has 0 saturated carbocycles. The van der Waals surface area contributed by atoms with E-state index in [1.54, 1.807) is 4.90 Å². The van der Waals surface area contributed by atoms with Crippen LogP contribution in [0.4, 0.5) is 8.78 Å². The van der Waals surface area contributed by atoms with Crippen molar-refractivity contribution in [2.24, 2.45) is 5.92 Å². The molecule has 2 rings (SSSR count). The fourth-order valence-electron chi connectivity index (χ4n) is 2.20. The first kappa shape index (κ1) is 13.0. The summed E-state index contributed by atoms with van der Waals surface area (Å²) >= 11 is 0. The molecular formula is C14H17F2NO. The smallest absolute Gasteiger partial charge is 0.227 e. The summed E-state index contributed by atoms with van der Waals surface area (Å²) in [6, 6.07) is 3.35. The SMILES string of the molecule is CC1CCN(C(=O)Cc2ccc(F)cc2F)CC1. The largest absolute Gasteiger partial charge is 0.342 e. The van der Waals surface area contributed by atoms with Crippen molar-refractivity contribution in [2.75, 3.05) is 13.1 Å². The molecule has 1 heterocycles. The molecule has 1 aromatic rings. The van der Waals surface area contributed by atoms with Gasteiger partial charge < -0.3 is 4.90 Å². The maximum Gasteiger partial charge on any atom is 0.227 e. The van der Waals surface area contributed by atoms with Crippen molar-refractivity contribution in [3.8, 4) is 0 Å². The molecule has 1 fully saturated rings. The zero-order valence-corrected chi connectivity index (χ0v) is 10.5. The number of benzene rings is 1. The van der Waals surface area contributed by atoms with Gasteiger partial charge >= 0.3 is 0 Å². The van der Waals surface area contributed by atoms with Crippen LogP contribution in [0.15, 0.2) is 18.2 Å². The Hall–Kier alpha value is -1.45.